The van der Waals surface area contributed by atoms with Crippen molar-refractivity contribution in [2.45, 2.75) is 39.0 Å². The van der Waals surface area contributed by atoms with E-state index < -0.39 is 5.72 Å². The van der Waals surface area contributed by atoms with Crippen LogP contribution >= 0.6 is 0 Å². The average Bonchev–Trinajstić information content (AvgIpc) is 2.25. The average molecular weight is 200 g/mol. The normalized spacial score (nSPS) is 29.5. The molecular formula is C10H20N2O2. The van der Waals surface area contributed by atoms with Gasteiger partial charge in [0, 0.05) is 12.6 Å². The number of amides is 1. The van der Waals surface area contributed by atoms with Gasteiger partial charge >= 0.3 is 0 Å². The van der Waals surface area contributed by atoms with Crippen LogP contribution in [0, 0.1) is 0 Å². The minimum Gasteiger partial charge on any atom is -0.359 e. The summed E-state index contributed by atoms with van der Waals surface area (Å²) >= 11 is 0. The fourth-order valence-corrected chi connectivity index (χ4v) is 1.64. The molecular weight excluding hydrogens is 180 g/mol. The number of ether oxygens (including phenoxy) is 1. The highest BCUT2D eigenvalue weighted by Gasteiger charge is 2.32. The van der Waals surface area contributed by atoms with Crippen LogP contribution in [-0.4, -0.2) is 42.8 Å². The number of nitrogens with one attached hydrogen (secondary N) is 1. The number of rotatable bonds is 2. The topological polar surface area (TPSA) is 41.6 Å². The predicted octanol–water partition coefficient (Wildman–Crippen LogP) is 0.579. The Bertz CT molecular complexity index is 218. The molecule has 1 aliphatic heterocycles. The van der Waals surface area contributed by atoms with Crippen molar-refractivity contribution in [3.63, 3.8) is 0 Å². The summed E-state index contributed by atoms with van der Waals surface area (Å²) in [5, 5.41) is 3.04. The highest BCUT2D eigenvalue weighted by molar-refractivity contribution is 5.77. The molecule has 0 aromatic rings. The van der Waals surface area contributed by atoms with Gasteiger partial charge in [0.2, 0.25) is 5.91 Å². The summed E-state index contributed by atoms with van der Waals surface area (Å²) in [5.41, 5.74) is -0.499. The van der Waals surface area contributed by atoms with Crippen LogP contribution < -0.4 is 5.32 Å². The Hall–Kier alpha value is -0.610. The van der Waals surface area contributed by atoms with Crippen molar-refractivity contribution in [3.05, 3.63) is 0 Å². The van der Waals surface area contributed by atoms with E-state index in [-0.39, 0.29) is 11.9 Å². The molecule has 0 aromatic heterocycles. The van der Waals surface area contributed by atoms with Gasteiger partial charge in [-0.3, -0.25) is 10.1 Å². The first-order chi connectivity index (χ1) is 6.48. The Morgan fingerprint density at radius 1 is 1.57 bits per heavy atom. The molecule has 0 spiro atoms. The van der Waals surface area contributed by atoms with E-state index in [2.05, 4.69) is 5.32 Å². The van der Waals surface area contributed by atoms with Crippen LogP contribution in [0.25, 0.3) is 0 Å². The molecule has 1 unspecified atom stereocenters. The molecule has 4 heteroatoms. The summed E-state index contributed by atoms with van der Waals surface area (Å²) < 4.78 is 5.62. The van der Waals surface area contributed by atoms with E-state index in [1.54, 1.807) is 0 Å². The number of nitrogens with zero attached hydrogens (tertiary/aromatic N) is 1. The molecule has 0 aliphatic carbocycles. The van der Waals surface area contributed by atoms with Crippen molar-refractivity contribution >= 4 is 5.91 Å². The molecule has 14 heavy (non-hydrogen) atoms. The lowest BCUT2D eigenvalue weighted by Gasteiger charge is -2.27. The Morgan fingerprint density at radius 2 is 2.21 bits per heavy atom. The van der Waals surface area contributed by atoms with Crippen molar-refractivity contribution in [3.8, 4) is 0 Å². The molecule has 0 aromatic carbocycles. The predicted molar refractivity (Wildman–Crippen MR) is 54.9 cm³/mol. The molecule has 1 rings (SSSR count). The van der Waals surface area contributed by atoms with Crippen molar-refractivity contribution < 1.29 is 9.53 Å². The zero-order chi connectivity index (χ0) is 10.8. The Labute approximate surface area is 85.6 Å². The number of carbonyl (C=O) groups excluding carboxylic acids is 1. The van der Waals surface area contributed by atoms with Crippen LogP contribution in [0.15, 0.2) is 0 Å². The van der Waals surface area contributed by atoms with Gasteiger partial charge in [0.05, 0.1) is 13.0 Å². The third kappa shape index (κ3) is 2.45. The lowest BCUT2D eigenvalue weighted by atomic mass is 10.1. The molecule has 1 fully saturated rings. The monoisotopic (exact) mass is 200 g/mol. The van der Waals surface area contributed by atoms with E-state index in [1.165, 1.54) is 0 Å². The smallest absolute Gasteiger partial charge is 0.227 e. The van der Waals surface area contributed by atoms with E-state index in [1.807, 2.05) is 32.7 Å². The summed E-state index contributed by atoms with van der Waals surface area (Å²) in [5.74, 6) is 0.161. The largest absolute Gasteiger partial charge is 0.359 e. The van der Waals surface area contributed by atoms with Gasteiger partial charge in [0.15, 0.2) is 0 Å². The Morgan fingerprint density at radius 3 is 2.71 bits per heavy atom. The minimum atomic E-state index is -0.499. The first-order valence-electron chi connectivity index (χ1n) is 5.11. The summed E-state index contributed by atoms with van der Waals surface area (Å²) in [6.45, 7) is 7.25. The highest BCUT2D eigenvalue weighted by atomic mass is 16.5. The van der Waals surface area contributed by atoms with Crippen molar-refractivity contribution in [1.29, 1.82) is 0 Å². The zero-order valence-corrected chi connectivity index (χ0v) is 9.46. The Kier molecular flexibility index (Phi) is 3.50. The maximum atomic E-state index is 11.8. The second-order valence-corrected chi connectivity index (χ2v) is 4.19. The lowest BCUT2D eigenvalue weighted by Crippen LogP contribution is -2.45. The lowest BCUT2D eigenvalue weighted by molar-refractivity contribution is -0.135. The molecule has 1 aliphatic rings. The molecule has 0 bridgehead atoms. The second-order valence-electron chi connectivity index (χ2n) is 4.19. The van der Waals surface area contributed by atoms with Gasteiger partial charge in [-0.25, -0.2) is 0 Å². The zero-order valence-electron chi connectivity index (χ0n) is 9.46. The van der Waals surface area contributed by atoms with Crippen LogP contribution in [0.3, 0.4) is 0 Å². The first kappa shape index (κ1) is 11.5. The van der Waals surface area contributed by atoms with Gasteiger partial charge in [-0.05, 0) is 27.8 Å². The molecule has 1 saturated heterocycles. The molecule has 0 radical (unpaired) electrons. The maximum absolute atomic E-state index is 11.8. The fourth-order valence-electron chi connectivity index (χ4n) is 1.64. The third-order valence-corrected chi connectivity index (χ3v) is 2.71. The minimum absolute atomic E-state index is 0.161. The van der Waals surface area contributed by atoms with Crippen molar-refractivity contribution in [2.24, 2.45) is 0 Å². The van der Waals surface area contributed by atoms with Crippen LogP contribution in [0.2, 0.25) is 0 Å². The van der Waals surface area contributed by atoms with Gasteiger partial charge < -0.3 is 9.64 Å². The number of carbonyl (C=O) groups is 1. The van der Waals surface area contributed by atoms with E-state index in [0.29, 0.717) is 19.6 Å². The fraction of sp³-hybridized carbons (Fsp3) is 0.900. The SMILES string of the molecule is CNC1(C)CC(=O)N(C(C)C)CCO1. The summed E-state index contributed by atoms with van der Waals surface area (Å²) in [7, 11) is 1.82. The van der Waals surface area contributed by atoms with Gasteiger partial charge in [0.1, 0.15) is 5.72 Å². The van der Waals surface area contributed by atoms with Gasteiger partial charge in [0.25, 0.3) is 0 Å². The molecule has 1 N–H and O–H groups in total. The Balaban J connectivity index is 2.71. The maximum Gasteiger partial charge on any atom is 0.227 e. The highest BCUT2D eigenvalue weighted by Crippen LogP contribution is 2.18. The van der Waals surface area contributed by atoms with Gasteiger partial charge in [-0.1, -0.05) is 0 Å². The molecule has 82 valence electrons. The van der Waals surface area contributed by atoms with E-state index >= 15 is 0 Å². The van der Waals surface area contributed by atoms with E-state index in [4.69, 9.17) is 4.74 Å². The van der Waals surface area contributed by atoms with Crippen LogP contribution in [0.1, 0.15) is 27.2 Å². The van der Waals surface area contributed by atoms with Crippen LogP contribution in [0.5, 0.6) is 0 Å². The molecule has 1 amide bonds. The van der Waals surface area contributed by atoms with E-state index in [0.717, 1.165) is 0 Å². The van der Waals surface area contributed by atoms with Crippen LogP contribution in [-0.2, 0) is 9.53 Å². The van der Waals surface area contributed by atoms with Crippen LogP contribution in [0.4, 0.5) is 0 Å². The summed E-state index contributed by atoms with van der Waals surface area (Å²) in [6.07, 6.45) is 0.404. The van der Waals surface area contributed by atoms with Gasteiger partial charge in [-0.15, -0.1) is 0 Å². The molecule has 4 nitrogen and oxygen atoms in total. The summed E-state index contributed by atoms with van der Waals surface area (Å²) in [4.78, 5) is 13.7. The number of hydrogen-bond donors (Lipinski definition) is 1. The quantitative estimate of drug-likeness (QED) is 0.709. The molecule has 1 atom stereocenters. The van der Waals surface area contributed by atoms with Crippen molar-refractivity contribution in [1.82, 2.24) is 10.2 Å². The van der Waals surface area contributed by atoms with Crippen molar-refractivity contribution in [2.75, 3.05) is 20.2 Å². The standard InChI is InChI=1S/C10H20N2O2/c1-8(2)12-5-6-14-10(3,11-4)7-9(12)13/h8,11H,5-7H2,1-4H3. The first-order valence-corrected chi connectivity index (χ1v) is 5.11. The third-order valence-electron chi connectivity index (χ3n) is 2.71. The molecule has 0 saturated carbocycles. The van der Waals surface area contributed by atoms with Gasteiger partial charge in [-0.2, -0.15) is 0 Å². The summed E-state index contributed by atoms with van der Waals surface area (Å²) in [6, 6.07) is 0.255. The van der Waals surface area contributed by atoms with E-state index in [9.17, 15) is 4.79 Å². The second kappa shape index (κ2) is 4.28. The number of hydrogen-bond acceptors (Lipinski definition) is 3. The molecule has 1 heterocycles.